The summed E-state index contributed by atoms with van der Waals surface area (Å²) < 4.78 is 11.8. The second-order valence-corrected chi connectivity index (χ2v) is 10.0. The lowest BCUT2D eigenvalue weighted by Gasteiger charge is -2.34. The Labute approximate surface area is 207 Å². The summed E-state index contributed by atoms with van der Waals surface area (Å²) in [6.45, 7) is 4.64. The molecule has 188 valence electrons. The standard InChI is InChI=1S/C28H36N2O5/c1-19(31)28(2)18-30(27(33)26(32)29-16-20-9-5-4-6-10-20)17-23(28)21-13-14-24(34-3)25(15-21)35-22-11-7-8-12-22/h4-6,9-10,13-15,19,22-23,31H,7-8,11-12,16-18H2,1-3H3,(H,29,32)/t19?,23-,28-/m0/s1. The average molecular weight is 481 g/mol. The van der Waals surface area contributed by atoms with Gasteiger partial charge in [0.25, 0.3) is 0 Å². The van der Waals surface area contributed by atoms with Crippen LogP contribution in [0.15, 0.2) is 48.5 Å². The molecule has 3 atom stereocenters. The molecule has 1 saturated heterocycles. The largest absolute Gasteiger partial charge is 0.493 e. The lowest BCUT2D eigenvalue weighted by molar-refractivity contribution is -0.145. The Kier molecular flexibility index (Phi) is 7.65. The molecule has 1 aliphatic carbocycles. The molecule has 2 fully saturated rings. The van der Waals surface area contributed by atoms with Gasteiger partial charge in [0, 0.05) is 31.0 Å². The minimum absolute atomic E-state index is 0.162. The highest BCUT2D eigenvalue weighted by atomic mass is 16.5. The van der Waals surface area contributed by atoms with E-state index < -0.39 is 23.3 Å². The molecule has 0 bridgehead atoms. The molecule has 2 aliphatic rings. The Hall–Kier alpha value is -3.06. The number of ether oxygens (including phenoxy) is 2. The highest BCUT2D eigenvalue weighted by Gasteiger charge is 2.49. The van der Waals surface area contributed by atoms with E-state index in [0.717, 1.165) is 24.0 Å². The molecule has 1 aliphatic heterocycles. The summed E-state index contributed by atoms with van der Waals surface area (Å²) >= 11 is 0. The van der Waals surface area contributed by atoms with Crippen molar-refractivity contribution in [2.45, 2.75) is 64.2 Å². The maximum absolute atomic E-state index is 13.0. The fourth-order valence-corrected chi connectivity index (χ4v) is 5.26. The quantitative estimate of drug-likeness (QED) is 0.591. The molecule has 0 aromatic heterocycles. The maximum atomic E-state index is 13.0. The van der Waals surface area contributed by atoms with Crippen LogP contribution in [0.4, 0.5) is 0 Å². The number of amides is 2. The molecule has 35 heavy (non-hydrogen) atoms. The minimum Gasteiger partial charge on any atom is -0.493 e. The predicted octanol–water partition coefficient (Wildman–Crippen LogP) is 3.65. The second-order valence-electron chi connectivity index (χ2n) is 10.0. The first kappa shape index (κ1) is 25.0. The Morgan fingerprint density at radius 2 is 1.86 bits per heavy atom. The third-order valence-electron chi connectivity index (χ3n) is 7.65. The third kappa shape index (κ3) is 5.45. The number of carbonyl (C=O) groups excluding carboxylic acids is 2. The third-order valence-corrected chi connectivity index (χ3v) is 7.65. The molecule has 0 spiro atoms. The first-order valence-electron chi connectivity index (χ1n) is 12.5. The molecule has 2 aromatic carbocycles. The molecule has 7 heteroatoms. The van der Waals surface area contributed by atoms with E-state index in [-0.39, 0.29) is 25.1 Å². The lowest BCUT2D eigenvalue weighted by atomic mass is 9.72. The van der Waals surface area contributed by atoms with Crippen LogP contribution in [0.3, 0.4) is 0 Å². The number of likely N-dealkylation sites (tertiary alicyclic amines) is 1. The van der Waals surface area contributed by atoms with Crippen LogP contribution in [0.5, 0.6) is 11.5 Å². The van der Waals surface area contributed by atoms with Crippen molar-refractivity contribution in [3.05, 3.63) is 59.7 Å². The highest BCUT2D eigenvalue weighted by molar-refractivity contribution is 6.35. The summed E-state index contributed by atoms with van der Waals surface area (Å²) in [5, 5.41) is 13.5. The van der Waals surface area contributed by atoms with E-state index in [1.165, 1.54) is 12.8 Å². The normalized spacial score (nSPS) is 23.2. The number of hydrogen-bond acceptors (Lipinski definition) is 5. The van der Waals surface area contributed by atoms with E-state index in [4.69, 9.17) is 9.47 Å². The molecule has 2 N–H and O–H groups in total. The van der Waals surface area contributed by atoms with Crippen LogP contribution in [0.25, 0.3) is 0 Å². The van der Waals surface area contributed by atoms with Gasteiger partial charge in [-0.1, -0.05) is 43.3 Å². The number of rotatable bonds is 7. The van der Waals surface area contributed by atoms with Gasteiger partial charge in [-0.3, -0.25) is 9.59 Å². The molecule has 7 nitrogen and oxygen atoms in total. The van der Waals surface area contributed by atoms with Crippen molar-refractivity contribution in [3.63, 3.8) is 0 Å². The van der Waals surface area contributed by atoms with Crippen LogP contribution in [0, 0.1) is 5.41 Å². The van der Waals surface area contributed by atoms with Crippen molar-refractivity contribution >= 4 is 11.8 Å². The number of aliphatic hydroxyl groups is 1. The van der Waals surface area contributed by atoms with Gasteiger partial charge in [-0.25, -0.2) is 0 Å². The summed E-state index contributed by atoms with van der Waals surface area (Å²) in [6, 6.07) is 15.3. The van der Waals surface area contributed by atoms with Crippen molar-refractivity contribution in [2.24, 2.45) is 5.41 Å². The Bertz CT molecular complexity index is 1030. The molecule has 1 saturated carbocycles. The van der Waals surface area contributed by atoms with Crippen LogP contribution in [-0.2, 0) is 16.1 Å². The van der Waals surface area contributed by atoms with Gasteiger partial charge in [0.2, 0.25) is 0 Å². The fraction of sp³-hybridized carbons (Fsp3) is 0.500. The van der Waals surface area contributed by atoms with Crippen molar-refractivity contribution in [2.75, 3.05) is 20.2 Å². The summed E-state index contributed by atoms with van der Waals surface area (Å²) in [6.07, 6.45) is 3.89. The maximum Gasteiger partial charge on any atom is 0.311 e. The Morgan fingerprint density at radius 1 is 1.14 bits per heavy atom. The van der Waals surface area contributed by atoms with E-state index in [9.17, 15) is 14.7 Å². The summed E-state index contributed by atoms with van der Waals surface area (Å²) in [5.41, 5.74) is 1.27. The van der Waals surface area contributed by atoms with Gasteiger partial charge in [0.05, 0.1) is 19.3 Å². The van der Waals surface area contributed by atoms with Gasteiger partial charge in [-0.2, -0.15) is 0 Å². The van der Waals surface area contributed by atoms with Gasteiger partial charge in [-0.05, 0) is 55.9 Å². The fourth-order valence-electron chi connectivity index (χ4n) is 5.26. The lowest BCUT2D eigenvalue weighted by Crippen LogP contribution is -2.43. The van der Waals surface area contributed by atoms with E-state index in [0.29, 0.717) is 18.0 Å². The molecule has 2 amide bonds. The van der Waals surface area contributed by atoms with E-state index >= 15 is 0 Å². The summed E-state index contributed by atoms with van der Waals surface area (Å²) in [5.74, 6) is -0.0141. The number of methoxy groups -OCH3 is 1. The van der Waals surface area contributed by atoms with Gasteiger partial charge < -0.3 is 24.8 Å². The first-order chi connectivity index (χ1) is 16.8. The van der Waals surface area contributed by atoms with Crippen LogP contribution < -0.4 is 14.8 Å². The molecule has 4 rings (SSSR count). The number of hydrogen-bond donors (Lipinski definition) is 2. The number of nitrogens with zero attached hydrogens (tertiary/aromatic N) is 1. The van der Waals surface area contributed by atoms with Gasteiger partial charge in [0.15, 0.2) is 11.5 Å². The van der Waals surface area contributed by atoms with Crippen molar-refractivity contribution in [1.82, 2.24) is 10.2 Å². The van der Waals surface area contributed by atoms with Gasteiger partial charge in [-0.15, -0.1) is 0 Å². The topological polar surface area (TPSA) is 88.1 Å². The smallest absolute Gasteiger partial charge is 0.311 e. The Balaban J connectivity index is 1.52. The monoisotopic (exact) mass is 480 g/mol. The van der Waals surface area contributed by atoms with Gasteiger partial charge in [0.1, 0.15) is 0 Å². The van der Waals surface area contributed by atoms with Gasteiger partial charge >= 0.3 is 11.8 Å². The minimum atomic E-state index is -0.681. The molecule has 2 aromatic rings. The Morgan fingerprint density at radius 3 is 2.51 bits per heavy atom. The average Bonchev–Trinajstić information content (AvgIpc) is 3.51. The van der Waals surface area contributed by atoms with Crippen LogP contribution in [0.1, 0.15) is 56.6 Å². The van der Waals surface area contributed by atoms with Crippen molar-refractivity contribution in [1.29, 1.82) is 0 Å². The van der Waals surface area contributed by atoms with E-state index in [2.05, 4.69) is 5.32 Å². The summed E-state index contributed by atoms with van der Waals surface area (Å²) in [4.78, 5) is 27.3. The predicted molar refractivity (Wildman–Crippen MR) is 133 cm³/mol. The molecule has 1 unspecified atom stereocenters. The van der Waals surface area contributed by atoms with Crippen LogP contribution in [0.2, 0.25) is 0 Å². The first-order valence-corrected chi connectivity index (χ1v) is 12.5. The molecule has 1 heterocycles. The SMILES string of the molecule is COc1ccc([C@@H]2CN(C(=O)C(=O)NCc3ccccc3)C[C@@]2(C)C(C)O)cc1OC1CCCC1. The van der Waals surface area contributed by atoms with Crippen LogP contribution >= 0.6 is 0 Å². The highest BCUT2D eigenvalue weighted by Crippen LogP contribution is 2.47. The molecular weight excluding hydrogens is 444 g/mol. The number of carbonyl (C=O) groups is 2. The number of aliphatic hydroxyl groups excluding tert-OH is 1. The van der Waals surface area contributed by atoms with Crippen LogP contribution in [-0.4, -0.2) is 54.2 Å². The number of nitrogens with one attached hydrogen (secondary N) is 1. The zero-order valence-electron chi connectivity index (χ0n) is 20.8. The molecule has 0 radical (unpaired) electrons. The second kappa shape index (κ2) is 10.7. The zero-order valence-corrected chi connectivity index (χ0v) is 20.8. The zero-order chi connectivity index (χ0) is 25.0. The van der Waals surface area contributed by atoms with E-state index in [1.54, 1.807) is 18.9 Å². The van der Waals surface area contributed by atoms with Crippen molar-refractivity contribution < 1.29 is 24.2 Å². The summed E-state index contributed by atoms with van der Waals surface area (Å²) in [7, 11) is 1.63. The number of benzene rings is 2. The van der Waals surface area contributed by atoms with Crippen molar-refractivity contribution in [3.8, 4) is 11.5 Å². The molecular formula is C28H36N2O5. The van der Waals surface area contributed by atoms with E-state index in [1.807, 2.05) is 55.5 Å².